The number of nitriles is 1. The summed E-state index contributed by atoms with van der Waals surface area (Å²) in [6, 6.07) is 21.2. The van der Waals surface area contributed by atoms with Crippen molar-refractivity contribution in [2.24, 2.45) is 0 Å². The monoisotopic (exact) mass is 429 g/mol. The van der Waals surface area contributed by atoms with Gasteiger partial charge in [-0.3, -0.25) is 13.9 Å². The Morgan fingerprint density at radius 3 is 2.42 bits per heavy atom. The van der Waals surface area contributed by atoms with Gasteiger partial charge < -0.3 is 0 Å². The SMILES string of the molecule is N#Cc1ccc(/C=C/c2nc3ccccc3c(=O)n2-c2cccc(S(=O)(=O)O)c2)cc1. The number of fused-ring (bicyclic) bond motifs is 1. The number of hydrogen-bond donors (Lipinski definition) is 1. The maximum atomic E-state index is 13.2. The summed E-state index contributed by atoms with van der Waals surface area (Å²) < 4.78 is 33.8. The van der Waals surface area contributed by atoms with E-state index in [1.807, 2.05) is 0 Å². The molecule has 0 aliphatic carbocycles. The van der Waals surface area contributed by atoms with Crippen LogP contribution in [0.15, 0.2) is 82.5 Å². The van der Waals surface area contributed by atoms with Gasteiger partial charge >= 0.3 is 0 Å². The van der Waals surface area contributed by atoms with Crippen LogP contribution in [0.4, 0.5) is 0 Å². The van der Waals surface area contributed by atoms with E-state index in [9.17, 15) is 17.8 Å². The standard InChI is InChI=1S/C23H15N3O4S/c24-15-17-10-8-16(9-11-17)12-13-22-25-21-7-2-1-6-20(21)23(27)26(22)18-4-3-5-19(14-18)31(28,29)30/h1-14H,(H,28,29,30)/b13-12+. The first-order valence-electron chi connectivity index (χ1n) is 9.15. The highest BCUT2D eigenvalue weighted by Crippen LogP contribution is 2.18. The van der Waals surface area contributed by atoms with E-state index >= 15 is 0 Å². The van der Waals surface area contributed by atoms with Crippen molar-refractivity contribution in [2.45, 2.75) is 4.90 Å². The van der Waals surface area contributed by atoms with Gasteiger partial charge in [0.05, 0.1) is 33.1 Å². The molecule has 1 N–H and O–H groups in total. The zero-order valence-electron chi connectivity index (χ0n) is 16.0. The van der Waals surface area contributed by atoms with Crippen LogP contribution < -0.4 is 5.56 Å². The van der Waals surface area contributed by atoms with Crippen LogP contribution in [0.2, 0.25) is 0 Å². The Kier molecular flexibility index (Phi) is 5.21. The average Bonchev–Trinajstić information content (AvgIpc) is 2.77. The van der Waals surface area contributed by atoms with E-state index in [2.05, 4.69) is 11.1 Å². The third-order valence-corrected chi connectivity index (χ3v) is 5.49. The molecule has 4 aromatic rings. The van der Waals surface area contributed by atoms with Crippen LogP contribution in [0.5, 0.6) is 0 Å². The van der Waals surface area contributed by atoms with Crippen LogP contribution in [-0.2, 0) is 10.1 Å². The molecule has 8 heteroatoms. The molecule has 0 aliphatic rings. The summed E-state index contributed by atoms with van der Waals surface area (Å²) in [4.78, 5) is 17.5. The quantitative estimate of drug-likeness (QED) is 0.495. The Balaban J connectivity index is 1.93. The lowest BCUT2D eigenvalue weighted by atomic mass is 10.1. The summed E-state index contributed by atoms with van der Waals surface area (Å²) in [7, 11) is -4.44. The Morgan fingerprint density at radius 2 is 1.71 bits per heavy atom. The molecule has 1 aromatic heterocycles. The molecule has 152 valence electrons. The highest BCUT2D eigenvalue weighted by atomic mass is 32.2. The molecule has 0 saturated heterocycles. The molecule has 1 heterocycles. The number of rotatable bonds is 4. The first kappa shape index (κ1) is 20.2. The van der Waals surface area contributed by atoms with Crippen molar-refractivity contribution in [1.82, 2.24) is 9.55 Å². The minimum Gasteiger partial charge on any atom is -0.282 e. The molecule has 0 atom stereocenters. The van der Waals surface area contributed by atoms with Crippen LogP contribution in [0.3, 0.4) is 0 Å². The Bertz CT molecular complexity index is 1530. The van der Waals surface area contributed by atoms with Gasteiger partial charge in [0.2, 0.25) is 0 Å². The van der Waals surface area contributed by atoms with E-state index in [0.29, 0.717) is 16.5 Å². The second kappa shape index (κ2) is 7.99. The first-order valence-corrected chi connectivity index (χ1v) is 10.6. The van der Waals surface area contributed by atoms with Gasteiger partial charge in [-0.1, -0.05) is 36.4 Å². The zero-order valence-corrected chi connectivity index (χ0v) is 16.8. The summed E-state index contributed by atoms with van der Waals surface area (Å²) >= 11 is 0. The molecule has 31 heavy (non-hydrogen) atoms. The lowest BCUT2D eigenvalue weighted by Crippen LogP contribution is -2.22. The molecule has 0 aliphatic heterocycles. The van der Waals surface area contributed by atoms with E-state index in [4.69, 9.17) is 5.26 Å². The molecule has 0 radical (unpaired) electrons. The number of para-hydroxylation sites is 1. The number of benzene rings is 3. The minimum atomic E-state index is -4.44. The molecule has 3 aromatic carbocycles. The van der Waals surface area contributed by atoms with Crippen LogP contribution in [0.25, 0.3) is 28.7 Å². The summed E-state index contributed by atoms with van der Waals surface area (Å²) in [5, 5.41) is 9.30. The fraction of sp³-hybridized carbons (Fsp3) is 0. The third-order valence-electron chi connectivity index (χ3n) is 4.64. The van der Waals surface area contributed by atoms with Gasteiger partial charge in [-0.2, -0.15) is 13.7 Å². The smallest absolute Gasteiger partial charge is 0.282 e. The van der Waals surface area contributed by atoms with Gasteiger partial charge in [-0.15, -0.1) is 0 Å². The molecular formula is C23H15N3O4S. The molecule has 0 spiro atoms. The highest BCUT2D eigenvalue weighted by molar-refractivity contribution is 7.85. The Hall–Kier alpha value is -4.06. The lowest BCUT2D eigenvalue weighted by molar-refractivity contribution is 0.483. The minimum absolute atomic E-state index is 0.248. The van der Waals surface area contributed by atoms with Crippen LogP contribution >= 0.6 is 0 Å². The molecule has 4 rings (SSSR count). The molecule has 0 saturated carbocycles. The Labute approximate surface area is 177 Å². The van der Waals surface area contributed by atoms with Gasteiger partial charge in [-0.25, -0.2) is 4.98 Å². The first-order chi connectivity index (χ1) is 14.9. The molecule has 7 nitrogen and oxygen atoms in total. The highest BCUT2D eigenvalue weighted by Gasteiger charge is 2.15. The summed E-state index contributed by atoms with van der Waals surface area (Å²) in [6.07, 6.45) is 3.37. The second-order valence-electron chi connectivity index (χ2n) is 6.67. The van der Waals surface area contributed by atoms with Gasteiger partial charge in [0.15, 0.2) is 0 Å². The zero-order chi connectivity index (χ0) is 22.0. The van der Waals surface area contributed by atoms with Gasteiger partial charge in [-0.05, 0) is 54.1 Å². The average molecular weight is 429 g/mol. The van der Waals surface area contributed by atoms with Crippen LogP contribution in [0, 0.1) is 11.3 Å². The van der Waals surface area contributed by atoms with Gasteiger partial charge in [0, 0.05) is 0 Å². The third kappa shape index (κ3) is 4.14. The van der Waals surface area contributed by atoms with E-state index in [1.54, 1.807) is 66.7 Å². The van der Waals surface area contributed by atoms with Crippen LogP contribution in [-0.4, -0.2) is 22.5 Å². The largest absolute Gasteiger partial charge is 0.294 e. The number of hydrogen-bond acceptors (Lipinski definition) is 5. The van der Waals surface area contributed by atoms with Crippen molar-refractivity contribution in [3.8, 4) is 11.8 Å². The molecular weight excluding hydrogens is 414 g/mol. The van der Waals surface area contributed by atoms with E-state index in [1.165, 1.54) is 22.8 Å². The maximum absolute atomic E-state index is 13.2. The molecule has 0 unspecified atom stereocenters. The summed E-state index contributed by atoms with van der Waals surface area (Å²) in [5.41, 5.74) is 1.68. The number of nitrogens with zero attached hydrogens (tertiary/aromatic N) is 3. The molecule has 0 bridgehead atoms. The predicted molar refractivity (Wildman–Crippen MR) is 117 cm³/mol. The van der Waals surface area contributed by atoms with Crippen molar-refractivity contribution in [3.05, 3.63) is 100 Å². The van der Waals surface area contributed by atoms with E-state index in [-0.39, 0.29) is 22.0 Å². The summed E-state index contributed by atoms with van der Waals surface area (Å²) in [6.45, 7) is 0. The molecule has 0 amide bonds. The number of aromatic nitrogens is 2. The lowest BCUT2D eigenvalue weighted by Gasteiger charge is -2.12. The molecule has 0 fully saturated rings. The predicted octanol–water partition coefficient (Wildman–Crippen LogP) is 3.67. The van der Waals surface area contributed by atoms with Crippen molar-refractivity contribution >= 4 is 33.2 Å². The Morgan fingerprint density at radius 1 is 0.968 bits per heavy atom. The van der Waals surface area contributed by atoms with Gasteiger partial charge in [0.25, 0.3) is 15.7 Å². The van der Waals surface area contributed by atoms with Crippen molar-refractivity contribution in [1.29, 1.82) is 5.26 Å². The fourth-order valence-corrected chi connectivity index (χ4v) is 3.65. The van der Waals surface area contributed by atoms with Gasteiger partial charge in [0.1, 0.15) is 5.82 Å². The van der Waals surface area contributed by atoms with Crippen molar-refractivity contribution in [2.75, 3.05) is 0 Å². The van der Waals surface area contributed by atoms with E-state index in [0.717, 1.165) is 5.56 Å². The fourth-order valence-electron chi connectivity index (χ4n) is 3.13. The van der Waals surface area contributed by atoms with E-state index < -0.39 is 10.1 Å². The normalized spacial score (nSPS) is 11.6. The second-order valence-corrected chi connectivity index (χ2v) is 8.09. The maximum Gasteiger partial charge on any atom is 0.294 e. The van der Waals surface area contributed by atoms with Crippen LogP contribution in [0.1, 0.15) is 17.0 Å². The summed E-state index contributed by atoms with van der Waals surface area (Å²) in [5.74, 6) is 0.278. The topological polar surface area (TPSA) is 113 Å². The van der Waals surface area contributed by atoms with Crippen molar-refractivity contribution in [3.63, 3.8) is 0 Å². The van der Waals surface area contributed by atoms with Crippen molar-refractivity contribution < 1.29 is 13.0 Å².